The third-order valence-electron chi connectivity index (χ3n) is 13.8. The minimum absolute atomic E-state index is 0.688. The molecule has 0 aromatic heterocycles. The largest absolute Gasteiger partial charge is 0.0625 e. The van der Waals surface area contributed by atoms with Crippen LogP contribution in [0.1, 0.15) is 143 Å². The van der Waals surface area contributed by atoms with Crippen molar-refractivity contribution in [2.24, 2.45) is 70.5 Å². The predicted octanol–water partition coefficient (Wildman–Crippen LogP) is 10.3. The first-order chi connectivity index (χ1) is 16.5. The maximum Gasteiger partial charge on any atom is -0.0235 e. The van der Waals surface area contributed by atoms with Crippen molar-refractivity contribution < 1.29 is 0 Å². The van der Waals surface area contributed by atoms with Gasteiger partial charge in [0.05, 0.1) is 0 Å². The molecule has 0 heterocycles. The first kappa shape index (κ1) is 24.3. The Kier molecular flexibility index (Phi) is 7.19. The van der Waals surface area contributed by atoms with Crippen molar-refractivity contribution in [3.05, 3.63) is 0 Å². The van der Waals surface area contributed by atoms with Crippen LogP contribution in [0.4, 0.5) is 0 Å². The average molecular weight is 467 g/mol. The lowest BCUT2D eigenvalue weighted by molar-refractivity contribution is -0.0195. The maximum atomic E-state index is 2.92. The first-order valence-electron chi connectivity index (χ1n) is 16.5. The molecule has 0 radical (unpaired) electrons. The summed E-state index contributed by atoms with van der Waals surface area (Å²) < 4.78 is 0. The molecule has 0 aromatic rings. The topological polar surface area (TPSA) is 0 Å². The van der Waals surface area contributed by atoms with E-state index in [1.165, 1.54) is 32.1 Å². The summed E-state index contributed by atoms with van der Waals surface area (Å²) in [4.78, 5) is 0. The summed E-state index contributed by atoms with van der Waals surface area (Å²) in [7, 11) is 0. The van der Waals surface area contributed by atoms with Gasteiger partial charge in [-0.25, -0.2) is 0 Å². The summed E-state index contributed by atoms with van der Waals surface area (Å²) in [6, 6.07) is 0. The Balaban J connectivity index is 1.25. The molecule has 0 saturated heterocycles. The Bertz CT molecular complexity index is 626. The van der Waals surface area contributed by atoms with Crippen molar-refractivity contribution in [2.45, 2.75) is 143 Å². The molecule has 10 unspecified atom stereocenters. The number of hydrogen-bond acceptors (Lipinski definition) is 0. The fraction of sp³-hybridized carbons (Fsp3) is 1.00. The molecule has 194 valence electrons. The van der Waals surface area contributed by atoms with E-state index < -0.39 is 0 Å². The van der Waals surface area contributed by atoms with Gasteiger partial charge in [0.15, 0.2) is 0 Å². The molecule has 0 aliphatic heterocycles. The zero-order valence-electron chi connectivity index (χ0n) is 23.3. The molecule has 6 saturated carbocycles. The number of rotatable bonds is 3. The van der Waals surface area contributed by atoms with Crippen molar-refractivity contribution in [2.75, 3.05) is 0 Å². The van der Waals surface area contributed by atoms with Crippen LogP contribution in [0.2, 0.25) is 0 Å². The summed E-state index contributed by atoms with van der Waals surface area (Å²) in [6.07, 6.45) is 29.9. The highest BCUT2D eigenvalue weighted by molar-refractivity contribution is 5.11. The van der Waals surface area contributed by atoms with Crippen LogP contribution in [0.15, 0.2) is 0 Å². The molecule has 6 aliphatic rings. The van der Waals surface area contributed by atoms with Crippen molar-refractivity contribution in [1.29, 1.82) is 0 Å². The van der Waals surface area contributed by atoms with Gasteiger partial charge in [0.1, 0.15) is 0 Å². The van der Waals surface area contributed by atoms with Gasteiger partial charge in [-0.15, -0.1) is 0 Å². The molecule has 0 heteroatoms. The van der Waals surface area contributed by atoms with Crippen LogP contribution in [-0.4, -0.2) is 0 Å². The molecule has 10 atom stereocenters. The monoisotopic (exact) mass is 466 g/mol. The number of hydrogen-bond donors (Lipinski definition) is 0. The van der Waals surface area contributed by atoms with Crippen molar-refractivity contribution >= 4 is 0 Å². The van der Waals surface area contributed by atoms with Crippen LogP contribution in [0.25, 0.3) is 0 Å². The normalized spacial score (nSPS) is 52.7. The van der Waals surface area contributed by atoms with Crippen LogP contribution < -0.4 is 0 Å². The highest BCUT2D eigenvalue weighted by Gasteiger charge is 2.62. The second-order valence-electron chi connectivity index (χ2n) is 15.5. The summed E-state index contributed by atoms with van der Waals surface area (Å²) in [5.74, 6) is 11.8. The van der Waals surface area contributed by atoms with E-state index in [1.54, 1.807) is 89.9 Å². The molecule has 0 spiro atoms. The lowest BCUT2D eigenvalue weighted by Crippen LogP contribution is -2.43. The summed E-state index contributed by atoms with van der Waals surface area (Å²) in [6.45, 7) is 8.03. The van der Waals surface area contributed by atoms with Gasteiger partial charge >= 0.3 is 0 Å². The molecule has 6 aliphatic carbocycles. The fourth-order valence-corrected chi connectivity index (χ4v) is 12.2. The van der Waals surface area contributed by atoms with E-state index in [0.29, 0.717) is 5.41 Å². The highest BCUT2D eigenvalue weighted by atomic mass is 14.7. The van der Waals surface area contributed by atoms with E-state index in [4.69, 9.17) is 0 Å². The quantitative estimate of drug-likeness (QED) is 0.388. The van der Waals surface area contributed by atoms with E-state index in [1.807, 2.05) is 0 Å². The van der Waals surface area contributed by atoms with Crippen molar-refractivity contribution in [3.8, 4) is 0 Å². The highest BCUT2D eigenvalue weighted by Crippen LogP contribution is 2.69. The summed E-state index contributed by atoms with van der Waals surface area (Å²) >= 11 is 0. The Morgan fingerprint density at radius 3 is 1.38 bits per heavy atom. The van der Waals surface area contributed by atoms with Crippen LogP contribution >= 0.6 is 0 Å². The molecule has 0 aromatic carbocycles. The van der Waals surface area contributed by atoms with Crippen LogP contribution in [-0.2, 0) is 0 Å². The molecule has 0 amide bonds. The second-order valence-corrected chi connectivity index (χ2v) is 15.5. The zero-order valence-corrected chi connectivity index (χ0v) is 23.3. The van der Waals surface area contributed by atoms with Crippen LogP contribution in [0.5, 0.6) is 0 Å². The Morgan fingerprint density at radius 2 is 0.912 bits per heavy atom. The van der Waals surface area contributed by atoms with Gasteiger partial charge in [-0.05, 0) is 135 Å². The summed E-state index contributed by atoms with van der Waals surface area (Å²) in [5.41, 5.74) is 0.688. The third kappa shape index (κ3) is 4.36. The smallest absolute Gasteiger partial charge is 0.0235 e. The molecule has 0 bridgehead atoms. The minimum Gasteiger partial charge on any atom is -0.0625 e. The maximum absolute atomic E-state index is 2.92. The van der Waals surface area contributed by atoms with Gasteiger partial charge in [0.2, 0.25) is 0 Å². The van der Waals surface area contributed by atoms with Gasteiger partial charge in [0.25, 0.3) is 0 Å². The zero-order chi connectivity index (χ0) is 23.3. The Labute approximate surface area is 213 Å². The van der Waals surface area contributed by atoms with E-state index in [-0.39, 0.29) is 0 Å². The van der Waals surface area contributed by atoms with Crippen LogP contribution in [0, 0.1) is 70.5 Å². The third-order valence-corrected chi connectivity index (χ3v) is 13.8. The van der Waals surface area contributed by atoms with Crippen molar-refractivity contribution in [1.82, 2.24) is 0 Å². The average Bonchev–Trinajstić information content (AvgIpc) is 3.13. The van der Waals surface area contributed by atoms with Gasteiger partial charge in [-0.3, -0.25) is 0 Å². The van der Waals surface area contributed by atoms with E-state index in [2.05, 4.69) is 20.8 Å². The van der Waals surface area contributed by atoms with E-state index in [9.17, 15) is 0 Å². The standard InChI is InChI=1S/C34H58/c1-23-9-7-11-25(19-23)27-15-17-30-31-18-16-28(26-12-8-10-24(2)20-26)22-33(31)34(3,32(30)21-27)29-13-5-4-6-14-29/h23-33H,4-22H2,1-3H3. The minimum atomic E-state index is 0.688. The lowest BCUT2D eigenvalue weighted by Gasteiger charge is -2.51. The SMILES string of the molecule is CC1CCCC(C2CCC3C4CCC(C5CCCC(C)C5)CC4C(C)(C4CCCCC4)C3C2)C1. The molecule has 6 fully saturated rings. The molecule has 0 N–H and O–H groups in total. The molecular weight excluding hydrogens is 408 g/mol. The van der Waals surface area contributed by atoms with Crippen LogP contribution in [0.3, 0.4) is 0 Å². The first-order valence-corrected chi connectivity index (χ1v) is 16.5. The second kappa shape index (κ2) is 10.0. The van der Waals surface area contributed by atoms with Gasteiger partial charge < -0.3 is 0 Å². The molecular formula is C34H58. The van der Waals surface area contributed by atoms with Gasteiger partial charge in [0, 0.05) is 0 Å². The van der Waals surface area contributed by atoms with Gasteiger partial charge in [-0.2, -0.15) is 0 Å². The molecule has 6 rings (SSSR count). The van der Waals surface area contributed by atoms with E-state index >= 15 is 0 Å². The van der Waals surface area contributed by atoms with E-state index in [0.717, 1.165) is 65.1 Å². The Hall–Kier alpha value is 0. The molecule has 0 nitrogen and oxygen atoms in total. The predicted molar refractivity (Wildman–Crippen MR) is 146 cm³/mol. The van der Waals surface area contributed by atoms with Gasteiger partial charge in [-0.1, -0.05) is 78.6 Å². The fourth-order valence-electron chi connectivity index (χ4n) is 12.2. The van der Waals surface area contributed by atoms with Crippen molar-refractivity contribution in [3.63, 3.8) is 0 Å². The summed E-state index contributed by atoms with van der Waals surface area (Å²) in [5, 5.41) is 0. The number of fused-ring (bicyclic) bond motifs is 3. The lowest BCUT2D eigenvalue weighted by atomic mass is 9.54. The molecule has 34 heavy (non-hydrogen) atoms. The Morgan fingerprint density at radius 1 is 0.441 bits per heavy atom.